The molecular weight excluding hydrogens is 388 g/mol. The first-order valence-electron chi connectivity index (χ1n) is 11.3. The zero-order valence-electron chi connectivity index (χ0n) is 18.5. The van der Waals surface area contributed by atoms with Crippen LogP contribution in [0, 0.1) is 12.8 Å². The van der Waals surface area contributed by atoms with Crippen LogP contribution in [0.15, 0.2) is 36.4 Å². The van der Waals surface area contributed by atoms with E-state index in [1.54, 1.807) is 0 Å². The molecule has 0 unspecified atom stereocenters. The maximum atomic E-state index is 13.3. The number of carbonyl (C=O) groups excluding carboxylic acids is 1. The number of nitrogens with one attached hydrogen (secondary N) is 1. The first-order chi connectivity index (χ1) is 15.0. The van der Waals surface area contributed by atoms with Gasteiger partial charge in [-0.05, 0) is 68.0 Å². The van der Waals surface area contributed by atoms with E-state index in [0.29, 0.717) is 25.6 Å². The van der Waals surface area contributed by atoms with Crippen molar-refractivity contribution in [1.82, 2.24) is 19.8 Å². The largest absolute Gasteiger partial charge is 0.491 e. The van der Waals surface area contributed by atoms with Crippen molar-refractivity contribution in [2.75, 3.05) is 19.7 Å². The van der Waals surface area contributed by atoms with Crippen LogP contribution in [0.3, 0.4) is 0 Å². The summed E-state index contributed by atoms with van der Waals surface area (Å²) < 4.78 is 6.00. The predicted octanol–water partition coefficient (Wildman–Crippen LogP) is 4.97. The van der Waals surface area contributed by atoms with Gasteiger partial charge in [-0.15, -0.1) is 0 Å². The summed E-state index contributed by atoms with van der Waals surface area (Å²) in [5, 5.41) is 0. The van der Waals surface area contributed by atoms with Gasteiger partial charge in [0.1, 0.15) is 18.2 Å². The molecule has 1 fully saturated rings. The second-order valence-corrected chi connectivity index (χ2v) is 9.10. The fourth-order valence-electron chi connectivity index (χ4n) is 4.93. The quantitative estimate of drug-likeness (QED) is 0.607. The number of H-pyrrole nitrogens is 1. The summed E-state index contributed by atoms with van der Waals surface area (Å²) in [7, 11) is 0. The van der Waals surface area contributed by atoms with Crippen LogP contribution in [0.4, 0.5) is 4.79 Å². The first kappa shape index (κ1) is 19.9. The minimum atomic E-state index is 0.135. The summed E-state index contributed by atoms with van der Waals surface area (Å²) in [5.41, 5.74) is 5.31. The molecule has 6 heteroatoms. The van der Waals surface area contributed by atoms with Gasteiger partial charge in [0.05, 0.1) is 24.1 Å². The Morgan fingerprint density at radius 2 is 1.94 bits per heavy atom. The SMILES string of the molecule is Cc1nc2ccc(-c3ccc4c(c3)CN(C(=O)N3CC[C@H](C)C[C@@H]3C)CCO4)cc2[nH]1. The Labute approximate surface area is 183 Å². The zero-order valence-corrected chi connectivity index (χ0v) is 18.5. The van der Waals surface area contributed by atoms with Crippen LogP contribution in [-0.2, 0) is 6.54 Å². The number of urea groups is 1. The Kier molecular flexibility index (Phi) is 5.08. The standard InChI is InChI=1S/C25H30N4O2/c1-16-8-9-29(17(2)12-16)25(30)28-10-11-31-24-7-5-19(13-21(24)15-28)20-4-6-22-23(14-20)27-18(3)26-22/h4-7,13-14,16-17H,8-12,15H2,1-3H3,(H,26,27)/t16-,17-/m0/s1. The lowest BCUT2D eigenvalue weighted by Gasteiger charge is -2.39. The number of ether oxygens (including phenoxy) is 1. The highest BCUT2D eigenvalue weighted by Crippen LogP contribution is 2.31. The molecule has 2 aliphatic rings. The molecule has 0 bridgehead atoms. The van der Waals surface area contributed by atoms with Crippen LogP contribution in [0.1, 0.15) is 38.1 Å². The van der Waals surface area contributed by atoms with Crippen LogP contribution in [-0.4, -0.2) is 51.5 Å². The number of piperidine rings is 1. The number of benzene rings is 2. The van der Waals surface area contributed by atoms with Gasteiger partial charge in [-0.2, -0.15) is 0 Å². The highest BCUT2D eigenvalue weighted by molar-refractivity contribution is 5.82. The Bertz CT molecular complexity index is 1120. The molecule has 3 aromatic rings. The van der Waals surface area contributed by atoms with Gasteiger partial charge < -0.3 is 19.5 Å². The third kappa shape index (κ3) is 3.87. The van der Waals surface area contributed by atoms with Gasteiger partial charge in [-0.25, -0.2) is 9.78 Å². The number of carbonyl (C=O) groups is 1. The molecule has 31 heavy (non-hydrogen) atoms. The van der Waals surface area contributed by atoms with Gasteiger partial charge in [0, 0.05) is 18.2 Å². The van der Waals surface area contributed by atoms with Crippen LogP contribution in [0.2, 0.25) is 0 Å². The third-order valence-corrected chi connectivity index (χ3v) is 6.63. The summed E-state index contributed by atoms with van der Waals surface area (Å²) in [6.45, 7) is 8.96. The van der Waals surface area contributed by atoms with Crippen molar-refractivity contribution in [3.63, 3.8) is 0 Å². The topological polar surface area (TPSA) is 61.5 Å². The average Bonchev–Trinajstić information content (AvgIpc) is 2.98. The van der Waals surface area contributed by atoms with Crippen LogP contribution in [0.5, 0.6) is 5.75 Å². The Hall–Kier alpha value is -3.02. The molecule has 0 spiro atoms. The number of fused-ring (bicyclic) bond motifs is 2. The molecule has 5 rings (SSSR count). The minimum absolute atomic E-state index is 0.135. The number of aromatic amines is 1. The molecule has 2 atom stereocenters. The van der Waals surface area contributed by atoms with E-state index >= 15 is 0 Å². The zero-order chi connectivity index (χ0) is 21.5. The van der Waals surface area contributed by atoms with Crippen LogP contribution >= 0.6 is 0 Å². The number of aryl methyl sites for hydroxylation is 1. The predicted molar refractivity (Wildman–Crippen MR) is 122 cm³/mol. The number of imidazole rings is 1. The van der Waals surface area contributed by atoms with Crippen molar-refractivity contribution in [1.29, 1.82) is 0 Å². The smallest absolute Gasteiger partial charge is 0.320 e. The molecule has 0 aliphatic carbocycles. The third-order valence-electron chi connectivity index (χ3n) is 6.63. The lowest BCUT2D eigenvalue weighted by Crippen LogP contribution is -2.50. The second kappa shape index (κ2) is 7.91. The summed E-state index contributed by atoms with van der Waals surface area (Å²) in [5.74, 6) is 2.47. The van der Waals surface area contributed by atoms with Crippen molar-refractivity contribution < 1.29 is 9.53 Å². The molecular formula is C25H30N4O2. The molecule has 1 saturated heterocycles. The Morgan fingerprint density at radius 3 is 2.77 bits per heavy atom. The van der Waals surface area contributed by atoms with E-state index in [1.807, 2.05) is 28.9 Å². The lowest BCUT2D eigenvalue weighted by molar-refractivity contribution is 0.103. The van der Waals surface area contributed by atoms with Crippen molar-refractivity contribution in [2.45, 2.75) is 46.2 Å². The first-order valence-corrected chi connectivity index (χ1v) is 11.3. The normalized spacial score (nSPS) is 21.5. The van der Waals surface area contributed by atoms with E-state index in [0.717, 1.165) is 58.7 Å². The van der Waals surface area contributed by atoms with Gasteiger partial charge in [-0.3, -0.25) is 0 Å². The summed E-state index contributed by atoms with van der Waals surface area (Å²) in [6.07, 6.45) is 2.16. The van der Waals surface area contributed by atoms with E-state index in [1.165, 1.54) is 0 Å². The number of rotatable bonds is 1. The van der Waals surface area contributed by atoms with Crippen molar-refractivity contribution in [3.05, 3.63) is 47.8 Å². The fourth-order valence-corrected chi connectivity index (χ4v) is 4.93. The highest BCUT2D eigenvalue weighted by Gasteiger charge is 2.31. The van der Waals surface area contributed by atoms with E-state index in [2.05, 4.69) is 48.1 Å². The molecule has 2 aromatic carbocycles. The van der Waals surface area contributed by atoms with Crippen molar-refractivity contribution >= 4 is 17.1 Å². The molecule has 2 aliphatic heterocycles. The van der Waals surface area contributed by atoms with Crippen LogP contribution < -0.4 is 4.74 Å². The molecule has 162 valence electrons. The lowest BCUT2D eigenvalue weighted by atomic mass is 9.94. The second-order valence-electron chi connectivity index (χ2n) is 9.10. The number of aromatic nitrogens is 2. The van der Waals surface area contributed by atoms with Gasteiger partial charge in [0.25, 0.3) is 0 Å². The number of amides is 2. The highest BCUT2D eigenvalue weighted by atomic mass is 16.5. The molecule has 6 nitrogen and oxygen atoms in total. The average molecular weight is 419 g/mol. The van der Waals surface area contributed by atoms with Crippen molar-refractivity contribution in [3.8, 4) is 16.9 Å². The van der Waals surface area contributed by atoms with E-state index in [4.69, 9.17) is 4.74 Å². The molecule has 1 aromatic heterocycles. The van der Waals surface area contributed by atoms with Gasteiger partial charge in [-0.1, -0.05) is 19.1 Å². The summed E-state index contributed by atoms with van der Waals surface area (Å²) >= 11 is 0. The Morgan fingerprint density at radius 1 is 1.13 bits per heavy atom. The molecule has 3 heterocycles. The van der Waals surface area contributed by atoms with Crippen LogP contribution in [0.25, 0.3) is 22.2 Å². The molecule has 0 saturated carbocycles. The molecule has 0 radical (unpaired) electrons. The fraction of sp³-hybridized carbons (Fsp3) is 0.440. The van der Waals surface area contributed by atoms with E-state index in [9.17, 15) is 4.79 Å². The van der Waals surface area contributed by atoms with Crippen molar-refractivity contribution in [2.24, 2.45) is 5.92 Å². The van der Waals surface area contributed by atoms with E-state index in [-0.39, 0.29) is 12.1 Å². The minimum Gasteiger partial charge on any atom is -0.491 e. The molecule has 2 amide bonds. The number of likely N-dealkylation sites (tertiary alicyclic amines) is 1. The monoisotopic (exact) mass is 418 g/mol. The number of hydrogen-bond donors (Lipinski definition) is 1. The maximum Gasteiger partial charge on any atom is 0.320 e. The van der Waals surface area contributed by atoms with Gasteiger partial charge in [0.15, 0.2) is 0 Å². The number of hydrogen-bond acceptors (Lipinski definition) is 3. The number of nitrogens with zero attached hydrogens (tertiary/aromatic N) is 3. The molecule has 1 N–H and O–H groups in total. The van der Waals surface area contributed by atoms with E-state index < -0.39 is 0 Å². The maximum absolute atomic E-state index is 13.3. The van der Waals surface area contributed by atoms with Gasteiger partial charge >= 0.3 is 6.03 Å². The Balaban J connectivity index is 1.41. The summed E-state index contributed by atoms with van der Waals surface area (Å²) in [4.78, 5) is 25.1. The summed E-state index contributed by atoms with van der Waals surface area (Å²) in [6, 6.07) is 13.0. The van der Waals surface area contributed by atoms with Gasteiger partial charge in [0.2, 0.25) is 0 Å².